The van der Waals surface area contributed by atoms with Crippen LogP contribution in [0.3, 0.4) is 0 Å². The van der Waals surface area contributed by atoms with E-state index >= 15 is 0 Å². The molecule has 0 aromatic carbocycles. The third-order valence-electron chi connectivity index (χ3n) is 2.34. The summed E-state index contributed by atoms with van der Waals surface area (Å²) in [4.78, 5) is 8.44. The van der Waals surface area contributed by atoms with E-state index in [-0.39, 0.29) is 0 Å². The lowest BCUT2D eigenvalue weighted by Crippen LogP contribution is -2.54. The van der Waals surface area contributed by atoms with Gasteiger partial charge in [-0.2, -0.15) is 0 Å². The van der Waals surface area contributed by atoms with Gasteiger partial charge in [0.2, 0.25) is 0 Å². The summed E-state index contributed by atoms with van der Waals surface area (Å²) in [6, 6.07) is 0. The largest absolute Gasteiger partial charge is 0.342 e. The summed E-state index contributed by atoms with van der Waals surface area (Å²) < 4.78 is 5.85. The fourth-order valence-corrected chi connectivity index (χ4v) is 1.46. The highest BCUT2D eigenvalue weighted by molar-refractivity contribution is 5.73. The topological polar surface area (TPSA) is 58.0 Å². The molecule has 2 unspecified atom stereocenters. The number of rotatable bonds is 4. The van der Waals surface area contributed by atoms with Crippen LogP contribution in [-0.2, 0) is 4.74 Å². The number of aliphatic imine (C=N–C) groups is 2. The van der Waals surface area contributed by atoms with Crippen molar-refractivity contribution in [3.05, 3.63) is 49.9 Å². The molecule has 0 fully saturated rings. The molecule has 88 valence electrons. The molecule has 2 heterocycles. The van der Waals surface area contributed by atoms with Crippen LogP contribution in [0, 0.1) is 0 Å². The average molecular weight is 230 g/mol. The van der Waals surface area contributed by atoms with Crippen LogP contribution in [0.15, 0.2) is 59.8 Å². The minimum atomic E-state index is -1.04. The molecule has 0 saturated carbocycles. The molecule has 5 nitrogen and oxygen atoms in total. The van der Waals surface area contributed by atoms with Crippen molar-refractivity contribution < 1.29 is 4.74 Å². The third-order valence-corrected chi connectivity index (χ3v) is 2.34. The van der Waals surface area contributed by atoms with E-state index in [0.29, 0.717) is 0 Å². The molecule has 0 amide bonds. The number of nitrogens with one attached hydrogen (secondary N) is 2. The average Bonchev–Trinajstić information content (AvgIpc) is 2.41. The zero-order valence-electron chi connectivity index (χ0n) is 9.34. The molecule has 5 heteroatoms. The highest BCUT2D eigenvalue weighted by Crippen LogP contribution is 2.24. The fourth-order valence-electron chi connectivity index (χ4n) is 1.46. The van der Waals surface area contributed by atoms with Gasteiger partial charge in [-0.1, -0.05) is 13.2 Å². The van der Waals surface area contributed by atoms with Crippen LogP contribution in [-0.4, -0.2) is 24.1 Å². The Kier molecular flexibility index (Phi) is 2.93. The molecule has 0 bridgehead atoms. The number of ether oxygens (including phenoxy) is 1. The molecule has 0 aromatic heterocycles. The summed E-state index contributed by atoms with van der Waals surface area (Å²) in [5, 5.41) is 5.97. The normalized spacial score (nSPS) is 33.9. The molecular formula is C12H14N4O. The van der Waals surface area contributed by atoms with Gasteiger partial charge in [0.1, 0.15) is 0 Å². The van der Waals surface area contributed by atoms with E-state index in [1.807, 2.05) is 0 Å². The molecular weight excluding hydrogens is 216 g/mol. The highest BCUT2D eigenvalue weighted by atomic mass is 16.6. The first-order chi connectivity index (χ1) is 8.24. The SMILES string of the molecule is C=CC1(OC2(C=C)N=CC=CN2)N=CC=CN1. The summed E-state index contributed by atoms with van der Waals surface area (Å²) in [6.45, 7) is 7.44. The molecule has 2 aliphatic heterocycles. The van der Waals surface area contributed by atoms with Gasteiger partial charge < -0.3 is 10.6 Å². The van der Waals surface area contributed by atoms with Gasteiger partial charge in [-0.3, -0.25) is 4.74 Å². The van der Waals surface area contributed by atoms with Crippen LogP contribution >= 0.6 is 0 Å². The molecule has 0 spiro atoms. The first kappa shape index (κ1) is 11.3. The molecule has 17 heavy (non-hydrogen) atoms. The predicted molar refractivity (Wildman–Crippen MR) is 68.5 cm³/mol. The summed E-state index contributed by atoms with van der Waals surface area (Å²) in [6.07, 6.45) is 13.4. The number of allylic oxidation sites excluding steroid dienone is 2. The van der Waals surface area contributed by atoms with E-state index in [2.05, 4.69) is 33.8 Å². The van der Waals surface area contributed by atoms with Crippen LogP contribution in [0.5, 0.6) is 0 Å². The number of hydrogen-bond donors (Lipinski definition) is 2. The Morgan fingerprint density at radius 1 is 0.941 bits per heavy atom. The maximum atomic E-state index is 5.85. The van der Waals surface area contributed by atoms with Crippen LogP contribution in [0.1, 0.15) is 0 Å². The zero-order valence-corrected chi connectivity index (χ0v) is 9.34. The lowest BCUT2D eigenvalue weighted by atomic mass is 10.3. The van der Waals surface area contributed by atoms with Crippen molar-refractivity contribution in [3.63, 3.8) is 0 Å². The van der Waals surface area contributed by atoms with Gasteiger partial charge in [0.05, 0.1) is 0 Å². The smallest absolute Gasteiger partial charge is 0.260 e. The monoisotopic (exact) mass is 230 g/mol. The molecule has 0 aliphatic carbocycles. The van der Waals surface area contributed by atoms with Crippen molar-refractivity contribution in [1.82, 2.24) is 10.6 Å². The van der Waals surface area contributed by atoms with Crippen molar-refractivity contribution in [3.8, 4) is 0 Å². The van der Waals surface area contributed by atoms with E-state index in [9.17, 15) is 0 Å². The second-order valence-electron chi connectivity index (χ2n) is 3.47. The molecule has 0 radical (unpaired) electrons. The molecule has 2 atom stereocenters. The lowest BCUT2D eigenvalue weighted by Gasteiger charge is -2.37. The Morgan fingerprint density at radius 2 is 1.41 bits per heavy atom. The fraction of sp³-hybridized carbons (Fsp3) is 0.167. The van der Waals surface area contributed by atoms with Crippen LogP contribution < -0.4 is 10.6 Å². The molecule has 2 N–H and O–H groups in total. The van der Waals surface area contributed by atoms with Gasteiger partial charge in [0.25, 0.3) is 11.7 Å². The summed E-state index contributed by atoms with van der Waals surface area (Å²) in [5.74, 6) is -2.09. The Balaban J connectivity index is 2.23. The van der Waals surface area contributed by atoms with Crippen molar-refractivity contribution in [2.45, 2.75) is 11.7 Å². The third kappa shape index (κ3) is 2.19. The summed E-state index contributed by atoms with van der Waals surface area (Å²) >= 11 is 0. The van der Waals surface area contributed by atoms with Crippen LogP contribution in [0.4, 0.5) is 0 Å². The maximum absolute atomic E-state index is 5.85. The molecule has 0 saturated heterocycles. The van der Waals surface area contributed by atoms with Gasteiger partial charge >= 0.3 is 0 Å². The zero-order chi connectivity index (χ0) is 12.2. The molecule has 0 aromatic rings. The Hall–Kier alpha value is -2.14. The Morgan fingerprint density at radius 3 is 1.71 bits per heavy atom. The standard InChI is InChI=1S/C12H14N4O/c1-3-11(13-7-5-8-14-11)17-12(4-2)15-9-6-10-16-12/h3-10,13,15H,1-2H2. The van der Waals surface area contributed by atoms with E-state index < -0.39 is 11.7 Å². The van der Waals surface area contributed by atoms with Gasteiger partial charge in [0, 0.05) is 24.8 Å². The van der Waals surface area contributed by atoms with Gasteiger partial charge in [-0.15, -0.1) is 0 Å². The van der Waals surface area contributed by atoms with Gasteiger partial charge in [-0.05, 0) is 24.3 Å². The van der Waals surface area contributed by atoms with Crippen molar-refractivity contribution in [2.75, 3.05) is 0 Å². The number of nitrogens with zero attached hydrogens (tertiary/aromatic N) is 2. The molecule has 2 aliphatic rings. The second kappa shape index (κ2) is 4.39. The summed E-state index contributed by atoms with van der Waals surface area (Å²) in [5.41, 5.74) is 0. The second-order valence-corrected chi connectivity index (χ2v) is 3.47. The first-order valence-corrected chi connectivity index (χ1v) is 5.18. The Bertz CT molecular complexity index is 398. The van der Waals surface area contributed by atoms with E-state index in [4.69, 9.17) is 4.74 Å². The Labute approximate surface area is 100.0 Å². The quantitative estimate of drug-likeness (QED) is 0.710. The van der Waals surface area contributed by atoms with Crippen LogP contribution in [0.2, 0.25) is 0 Å². The van der Waals surface area contributed by atoms with E-state index in [0.717, 1.165) is 0 Å². The minimum absolute atomic E-state index is 1.04. The van der Waals surface area contributed by atoms with Crippen molar-refractivity contribution >= 4 is 12.4 Å². The van der Waals surface area contributed by atoms with E-state index in [1.165, 1.54) is 0 Å². The van der Waals surface area contributed by atoms with Gasteiger partial charge in [-0.25, -0.2) is 9.98 Å². The maximum Gasteiger partial charge on any atom is 0.260 e. The van der Waals surface area contributed by atoms with E-state index in [1.54, 1.807) is 49.1 Å². The number of hydrogen-bond acceptors (Lipinski definition) is 5. The van der Waals surface area contributed by atoms with Crippen molar-refractivity contribution in [1.29, 1.82) is 0 Å². The first-order valence-electron chi connectivity index (χ1n) is 5.18. The van der Waals surface area contributed by atoms with Crippen LogP contribution in [0.25, 0.3) is 0 Å². The summed E-state index contributed by atoms with van der Waals surface area (Å²) in [7, 11) is 0. The molecule has 2 rings (SSSR count). The predicted octanol–water partition coefficient (Wildman–Crippen LogP) is 1.06. The highest BCUT2D eigenvalue weighted by Gasteiger charge is 2.38. The lowest BCUT2D eigenvalue weighted by molar-refractivity contribution is -0.120. The van der Waals surface area contributed by atoms with Crippen molar-refractivity contribution in [2.24, 2.45) is 9.98 Å². The van der Waals surface area contributed by atoms with Gasteiger partial charge in [0.15, 0.2) is 0 Å². The minimum Gasteiger partial charge on any atom is -0.342 e.